The fraction of sp³-hybridized carbons (Fsp3) is 0.778. The molecule has 1 N–H and O–H groups in total. The average Bonchev–Trinajstić information content (AvgIpc) is 3.31. The van der Waals surface area contributed by atoms with E-state index in [0.717, 1.165) is 43.8 Å². The largest absolute Gasteiger partial charge is 0.481 e. The van der Waals surface area contributed by atoms with Crippen LogP contribution >= 0.6 is 0 Å². The van der Waals surface area contributed by atoms with E-state index in [1.54, 1.807) is 5.57 Å². The molecule has 0 amide bonds. The first-order valence-electron chi connectivity index (χ1n) is 12.6. The smallest absolute Gasteiger partial charge is 0.300 e. The number of carboxylic acids is 1. The van der Waals surface area contributed by atoms with Gasteiger partial charge < -0.3 is 9.90 Å². The number of carboxylic acid groups (broad SMARTS) is 1. The summed E-state index contributed by atoms with van der Waals surface area (Å²) in [7, 11) is 0. The Kier molecular flexibility index (Phi) is 22.9. The third kappa shape index (κ3) is 15.5. The summed E-state index contributed by atoms with van der Waals surface area (Å²) in [6, 6.07) is 0. The Morgan fingerprint density at radius 3 is 2.27 bits per heavy atom. The van der Waals surface area contributed by atoms with E-state index in [1.165, 1.54) is 64.2 Å². The Balaban J connectivity index is 0. The second-order valence-electron chi connectivity index (χ2n) is 7.81. The van der Waals surface area contributed by atoms with E-state index in [-0.39, 0.29) is 0 Å². The number of hydrogen-bond acceptors (Lipinski definition) is 2. The Morgan fingerprint density at radius 1 is 1.03 bits per heavy atom. The van der Waals surface area contributed by atoms with Crippen molar-refractivity contribution < 1.29 is 14.7 Å². The summed E-state index contributed by atoms with van der Waals surface area (Å²) >= 11 is 0. The lowest BCUT2D eigenvalue weighted by atomic mass is 9.89. The average molecular weight is 423 g/mol. The molecule has 1 unspecified atom stereocenters. The van der Waals surface area contributed by atoms with Gasteiger partial charge in [-0.2, -0.15) is 0 Å². The monoisotopic (exact) mass is 422 g/mol. The maximum Gasteiger partial charge on any atom is 0.300 e. The van der Waals surface area contributed by atoms with Gasteiger partial charge in [0, 0.05) is 13.3 Å². The van der Waals surface area contributed by atoms with Gasteiger partial charge in [0.2, 0.25) is 0 Å². The fourth-order valence-electron chi connectivity index (χ4n) is 4.28. The predicted molar refractivity (Wildman–Crippen MR) is 131 cm³/mol. The van der Waals surface area contributed by atoms with Gasteiger partial charge in [0.25, 0.3) is 5.97 Å². The zero-order valence-electron chi connectivity index (χ0n) is 20.8. The molecule has 0 aliphatic heterocycles. The summed E-state index contributed by atoms with van der Waals surface area (Å²) in [6.45, 7) is 11.4. The zero-order valence-corrected chi connectivity index (χ0v) is 20.8. The summed E-state index contributed by atoms with van der Waals surface area (Å²) in [4.78, 5) is 19.4. The minimum atomic E-state index is -0.833. The summed E-state index contributed by atoms with van der Waals surface area (Å²) in [6.07, 6.45) is 23.8. The van der Waals surface area contributed by atoms with Gasteiger partial charge in [-0.05, 0) is 69.1 Å². The zero-order chi connectivity index (χ0) is 23.2. The second-order valence-corrected chi connectivity index (χ2v) is 7.81. The van der Waals surface area contributed by atoms with Crippen LogP contribution in [-0.2, 0) is 9.59 Å². The molecule has 0 aromatic carbocycles. The number of unbranched alkanes of at least 4 members (excludes halogenated alkanes) is 6. The molecule has 0 radical (unpaired) electrons. The molecular weight excluding hydrogens is 372 g/mol. The van der Waals surface area contributed by atoms with E-state index in [1.807, 2.05) is 27.7 Å². The highest BCUT2D eigenvalue weighted by atomic mass is 16.4. The van der Waals surface area contributed by atoms with Gasteiger partial charge in [0.1, 0.15) is 6.29 Å². The van der Waals surface area contributed by atoms with Gasteiger partial charge in [0.15, 0.2) is 0 Å². The van der Waals surface area contributed by atoms with Crippen LogP contribution in [-0.4, -0.2) is 17.4 Å². The number of aldehydes is 1. The number of allylic oxidation sites excluding steroid dienone is 4. The Hall–Kier alpha value is -1.38. The molecule has 1 saturated carbocycles. The molecule has 2 rings (SSSR count). The lowest BCUT2D eigenvalue weighted by molar-refractivity contribution is -0.134. The van der Waals surface area contributed by atoms with Gasteiger partial charge in [-0.15, -0.1) is 0 Å². The fourth-order valence-corrected chi connectivity index (χ4v) is 4.28. The quantitative estimate of drug-likeness (QED) is 0.206. The molecule has 0 aromatic heterocycles. The first-order chi connectivity index (χ1) is 14.6. The first-order valence-corrected chi connectivity index (χ1v) is 12.6. The summed E-state index contributed by atoms with van der Waals surface area (Å²) in [5, 5.41) is 7.42. The molecule has 176 valence electrons. The molecule has 0 aromatic rings. The molecule has 3 heteroatoms. The van der Waals surface area contributed by atoms with Crippen molar-refractivity contribution in [1.82, 2.24) is 0 Å². The normalized spacial score (nSPS) is 21.3. The second kappa shape index (κ2) is 22.3. The number of rotatable bonds is 11. The van der Waals surface area contributed by atoms with Crippen molar-refractivity contribution in [3.05, 3.63) is 23.8 Å². The topological polar surface area (TPSA) is 54.4 Å². The number of carbonyl (C=O) groups excluding carboxylic acids is 1. The van der Waals surface area contributed by atoms with Crippen LogP contribution < -0.4 is 0 Å². The molecule has 30 heavy (non-hydrogen) atoms. The Bertz CT molecular complexity index is 461. The molecule has 3 nitrogen and oxygen atoms in total. The van der Waals surface area contributed by atoms with E-state index in [9.17, 15) is 4.79 Å². The van der Waals surface area contributed by atoms with E-state index in [0.29, 0.717) is 0 Å². The Labute approximate surface area is 187 Å². The highest BCUT2D eigenvalue weighted by Crippen LogP contribution is 2.48. The molecule has 0 bridgehead atoms. The number of aliphatic carboxylic acids is 1. The van der Waals surface area contributed by atoms with Crippen LogP contribution in [0, 0.1) is 17.8 Å². The van der Waals surface area contributed by atoms with Crippen molar-refractivity contribution in [2.75, 3.05) is 0 Å². The molecule has 0 saturated heterocycles. The first kappa shape index (κ1) is 30.8. The molecule has 0 heterocycles. The van der Waals surface area contributed by atoms with Crippen molar-refractivity contribution in [3.8, 4) is 0 Å². The van der Waals surface area contributed by atoms with Crippen molar-refractivity contribution in [2.24, 2.45) is 17.8 Å². The number of hydrogen-bond donors (Lipinski definition) is 1. The maximum absolute atomic E-state index is 10.4. The molecule has 2 aliphatic rings. The lowest BCUT2D eigenvalue weighted by Gasteiger charge is -2.15. The molecule has 0 spiro atoms. The van der Waals surface area contributed by atoms with Crippen LogP contribution in [0.1, 0.15) is 119 Å². The van der Waals surface area contributed by atoms with Gasteiger partial charge in [-0.1, -0.05) is 77.7 Å². The Morgan fingerprint density at radius 2 is 1.67 bits per heavy atom. The van der Waals surface area contributed by atoms with Crippen LogP contribution in [0.3, 0.4) is 0 Å². The lowest BCUT2D eigenvalue weighted by Crippen LogP contribution is -2.07. The summed E-state index contributed by atoms with van der Waals surface area (Å²) in [5.74, 6) is 1.75. The third-order valence-corrected chi connectivity index (χ3v) is 5.56. The molecular formula is C27H50O3. The van der Waals surface area contributed by atoms with Crippen molar-refractivity contribution in [2.45, 2.75) is 119 Å². The summed E-state index contributed by atoms with van der Waals surface area (Å²) < 4.78 is 0. The molecule has 3 atom stereocenters. The van der Waals surface area contributed by atoms with Crippen LogP contribution in [0.25, 0.3) is 0 Å². The van der Waals surface area contributed by atoms with Gasteiger partial charge in [-0.3, -0.25) is 4.79 Å². The van der Waals surface area contributed by atoms with E-state index in [4.69, 9.17) is 9.90 Å². The summed E-state index contributed by atoms with van der Waals surface area (Å²) in [5.41, 5.74) is 1.68. The van der Waals surface area contributed by atoms with Crippen LogP contribution in [0.2, 0.25) is 0 Å². The number of fused-ring (bicyclic) bond motifs is 1. The maximum atomic E-state index is 10.4. The van der Waals surface area contributed by atoms with E-state index in [2.05, 4.69) is 25.2 Å². The SMILES string of the molecule is CC.CC.CC(=O)O.CCCCCC/C=C/C1CC[C@@H]2C=C(CCCCC=O)C[C@H]12. The highest BCUT2D eigenvalue weighted by Gasteiger charge is 2.37. The van der Waals surface area contributed by atoms with Crippen molar-refractivity contribution in [1.29, 1.82) is 0 Å². The van der Waals surface area contributed by atoms with E-state index < -0.39 is 5.97 Å². The van der Waals surface area contributed by atoms with E-state index >= 15 is 0 Å². The predicted octanol–water partition coefficient (Wildman–Crippen LogP) is 8.39. The van der Waals surface area contributed by atoms with Crippen LogP contribution in [0.15, 0.2) is 23.8 Å². The van der Waals surface area contributed by atoms with Crippen LogP contribution in [0.5, 0.6) is 0 Å². The minimum Gasteiger partial charge on any atom is -0.481 e. The minimum absolute atomic E-state index is 0.740. The standard InChI is InChI=1S/C21H34O.C2H4O2.2C2H6/c1-2-3-4-5-6-9-12-19-13-14-20-16-18(17-21(19)20)11-8-7-10-15-22;1-2(3)4;2*1-2/h9,12,15-16,19-21H,2-8,10-11,13-14,17H2,1H3;1H3,(H,3,4);2*1-2H3/b12-9+;;;/t19?,20-,21-;;;/m1.../s1. The van der Waals surface area contributed by atoms with Gasteiger partial charge in [0.05, 0.1) is 0 Å². The molecule has 1 fully saturated rings. The van der Waals surface area contributed by atoms with Crippen molar-refractivity contribution >= 4 is 12.3 Å². The third-order valence-electron chi connectivity index (χ3n) is 5.56. The molecule has 2 aliphatic carbocycles. The van der Waals surface area contributed by atoms with Crippen molar-refractivity contribution in [3.63, 3.8) is 0 Å². The van der Waals surface area contributed by atoms with Gasteiger partial charge in [-0.25, -0.2) is 0 Å². The number of carbonyl (C=O) groups is 2. The van der Waals surface area contributed by atoms with Gasteiger partial charge >= 0.3 is 0 Å². The van der Waals surface area contributed by atoms with Crippen LogP contribution in [0.4, 0.5) is 0 Å². The highest BCUT2D eigenvalue weighted by molar-refractivity contribution is 5.62.